The quantitative estimate of drug-likeness (QED) is 0.527. The number of anilines is 1. The van der Waals surface area contributed by atoms with Crippen LogP contribution in [0.3, 0.4) is 0 Å². The molecule has 0 saturated carbocycles. The number of carbonyl (C=O) groups is 2. The van der Waals surface area contributed by atoms with Gasteiger partial charge in [-0.3, -0.25) is 9.59 Å². The lowest BCUT2D eigenvalue weighted by molar-refractivity contribution is 0.0455. The summed E-state index contributed by atoms with van der Waals surface area (Å²) >= 11 is 0. The number of piperazine rings is 1. The van der Waals surface area contributed by atoms with E-state index in [1.165, 1.54) is 12.1 Å². The van der Waals surface area contributed by atoms with Crippen molar-refractivity contribution in [1.82, 2.24) is 15.2 Å². The molecule has 3 rings (SSSR count). The molecule has 2 amide bonds. The lowest BCUT2D eigenvalue weighted by atomic mass is 9.27. The highest BCUT2D eigenvalue weighted by Gasteiger charge is 2.57. The highest BCUT2D eigenvalue weighted by atomic mass is 19.1. The predicted molar refractivity (Wildman–Crippen MR) is 125 cm³/mol. The average Bonchev–Trinajstić information content (AvgIpc) is 2.65. The third kappa shape index (κ3) is 4.23. The van der Waals surface area contributed by atoms with Crippen molar-refractivity contribution in [3.8, 4) is 0 Å². The molecule has 16 radical (unpaired) electrons. The van der Waals surface area contributed by atoms with Gasteiger partial charge in [0.25, 0.3) is 11.8 Å². The highest BCUT2D eigenvalue weighted by Crippen LogP contribution is 2.36. The second-order valence-electron chi connectivity index (χ2n) is 7.76. The summed E-state index contributed by atoms with van der Waals surface area (Å²) in [6, 6.07) is 4.17. The van der Waals surface area contributed by atoms with Crippen LogP contribution in [0.25, 0.3) is 0 Å². The molecule has 1 aromatic heterocycles. The van der Waals surface area contributed by atoms with Crippen LogP contribution in [0.1, 0.15) is 20.8 Å². The van der Waals surface area contributed by atoms with Gasteiger partial charge in [-0.2, -0.15) is 0 Å². The fourth-order valence-corrected chi connectivity index (χ4v) is 3.23. The van der Waals surface area contributed by atoms with E-state index in [1.54, 1.807) is 0 Å². The van der Waals surface area contributed by atoms with Gasteiger partial charge in [-0.05, 0) is 22.8 Å². The number of halogens is 3. The number of pyridine rings is 1. The lowest BCUT2D eigenvalue weighted by Crippen LogP contribution is -2.92. The van der Waals surface area contributed by atoms with Gasteiger partial charge >= 0.3 is 0 Å². The van der Waals surface area contributed by atoms with E-state index in [0.29, 0.717) is 17.0 Å². The van der Waals surface area contributed by atoms with Crippen molar-refractivity contribution >= 4 is 80.4 Å². The molecule has 0 bridgehead atoms. The van der Waals surface area contributed by atoms with E-state index < -0.39 is 61.9 Å². The molecule has 17 heteroatoms. The van der Waals surface area contributed by atoms with Crippen LogP contribution in [-0.4, -0.2) is 106 Å². The average molecular weight is 443 g/mol. The Labute approximate surface area is 204 Å². The standard InChI is InChI=1S/C17H7B8F3N4O2/c18-14(19)16(22,23)32(17(24,25)15(20,21)31-14)13(34)9-2-1-3-10(29-9)30-12(33)11-7(27)4-6(26)5-8(11)28/h1-5,31H,(H,29,30,33). The minimum atomic E-state index is -2.49. The third-order valence-corrected chi connectivity index (χ3v) is 5.13. The number of hydrogen-bond acceptors (Lipinski definition) is 4. The molecule has 2 N–H and O–H groups in total. The predicted octanol–water partition coefficient (Wildman–Crippen LogP) is -2.24. The topological polar surface area (TPSA) is 74.3 Å². The molecule has 6 nitrogen and oxygen atoms in total. The number of rotatable bonds is 3. The van der Waals surface area contributed by atoms with Gasteiger partial charge < -0.3 is 15.5 Å². The molecule has 2 heterocycles. The van der Waals surface area contributed by atoms with Crippen LogP contribution in [-0.2, 0) is 0 Å². The van der Waals surface area contributed by atoms with E-state index in [2.05, 4.69) is 15.6 Å². The van der Waals surface area contributed by atoms with Gasteiger partial charge in [0.15, 0.2) is 0 Å². The monoisotopic (exact) mass is 444 g/mol. The summed E-state index contributed by atoms with van der Waals surface area (Å²) in [5.41, 5.74) is -1.56. The molecule has 0 atom stereocenters. The van der Waals surface area contributed by atoms with Crippen molar-refractivity contribution in [2.75, 3.05) is 5.32 Å². The zero-order chi connectivity index (χ0) is 25.9. The summed E-state index contributed by atoms with van der Waals surface area (Å²) in [4.78, 5) is 29.9. The minimum Gasteiger partial charge on any atom is -0.360 e. The Morgan fingerprint density at radius 1 is 0.882 bits per heavy atom. The third-order valence-electron chi connectivity index (χ3n) is 5.13. The highest BCUT2D eigenvalue weighted by molar-refractivity contribution is 6.61. The second kappa shape index (κ2) is 8.36. The summed E-state index contributed by atoms with van der Waals surface area (Å²) in [5, 5.41) is -5.26. The Hall–Kier alpha value is -2.42. The summed E-state index contributed by atoms with van der Waals surface area (Å²) in [5.74, 6) is -6.99. The summed E-state index contributed by atoms with van der Waals surface area (Å²) in [6.45, 7) is 0. The normalized spacial score (nSPS) is 19.8. The van der Waals surface area contributed by atoms with Crippen molar-refractivity contribution < 1.29 is 22.8 Å². The van der Waals surface area contributed by atoms with Gasteiger partial charge in [-0.15, -0.1) is 0 Å². The zero-order valence-electron chi connectivity index (χ0n) is 17.4. The van der Waals surface area contributed by atoms with Crippen molar-refractivity contribution in [3.63, 3.8) is 0 Å². The first kappa shape index (κ1) is 26.2. The van der Waals surface area contributed by atoms with Crippen molar-refractivity contribution in [2.24, 2.45) is 0 Å². The van der Waals surface area contributed by atoms with E-state index >= 15 is 0 Å². The molecule has 0 spiro atoms. The zero-order valence-corrected chi connectivity index (χ0v) is 17.4. The SMILES string of the molecule is [B]C1([B])NC([B])([B])C([B])([B])N(C(=O)c2cccc(NC(=O)c3c(F)cc(F)cc3F)n2)C1([B])[B]. The second-order valence-corrected chi connectivity index (χ2v) is 7.76. The van der Waals surface area contributed by atoms with Crippen LogP contribution < -0.4 is 10.6 Å². The molecule has 34 heavy (non-hydrogen) atoms. The summed E-state index contributed by atoms with van der Waals surface area (Å²) in [7, 11) is 47.2. The number of nitrogens with one attached hydrogen (secondary N) is 2. The van der Waals surface area contributed by atoms with E-state index in [9.17, 15) is 22.8 Å². The Kier molecular flexibility index (Phi) is 6.44. The van der Waals surface area contributed by atoms with Gasteiger partial charge in [-0.1, -0.05) is 16.7 Å². The maximum atomic E-state index is 13.9. The Morgan fingerprint density at radius 3 is 1.88 bits per heavy atom. The minimum absolute atomic E-state index is 0.317. The fourth-order valence-electron chi connectivity index (χ4n) is 3.23. The van der Waals surface area contributed by atoms with Crippen LogP contribution in [0, 0.1) is 17.5 Å². The summed E-state index contributed by atoms with van der Waals surface area (Å²) < 4.78 is 40.9. The number of amides is 2. The first-order valence-corrected chi connectivity index (χ1v) is 9.30. The number of nitrogens with zero attached hydrogens (tertiary/aromatic N) is 2. The Balaban J connectivity index is 1.98. The summed E-state index contributed by atoms with van der Waals surface area (Å²) in [6.07, 6.45) is 0. The molecule has 1 aliphatic heterocycles. The number of carbonyl (C=O) groups excluding carboxylic acids is 2. The van der Waals surface area contributed by atoms with Gasteiger partial charge in [-0.25, -0.2) is 18.2 Å². The molecule has 1 saturated heterocycles. The van der Waals surface area contributed by atoms with E-state index in [1.807, 2.05) is 0 Å². The number of hydrogen-bond donors (Lipinski definition) is 2. The largest absolute Gasteiger partial charge is 0.360 e. The van der Waals surface area contributed by atoms with Crippen LogP contribution in [0.15, 0.2) is 30.3 Å². The van der Waals surface area contributed by atoms with Crippen molar-refractivity contribution in [3.05, 3.63) is 59.0 Å². The molecule has 1 aromatic carbocycles. The van der Waals surface area contributed by atoms with Gasteiger partial charge in [0.2, 0.25) is 0 Å². The van der Waals surface area contributed by atoms with Crippen molar-refractivity contribution in [1.29, 1.82) is 0 Å². The molecular weight excluding hydrogens is 436 g/mol. The fraction of sp³-hybridized carbons (Fsp3) is 0.235. The lowest BCUT2D eigenvalue weighted by Gasteiger charge is -2.70. The molecule has 1 aliphatic rings. The molecule has 0 aliphatic carbocycles. The first-order valence-electron chi connectivity index (χ1n) is 9.30. The van der Waals surface area contributed by atoms with Crippen LogP contribution in [0.4, 0.5) is 19.0 Å². The molecule has 1 fully saturated rings. The van der Waals surface area contributed by atoms with Crippen molar-refractivity contribution in [2.45, 2.75) is 21.4 Å². The van der Waals surface area contributed by atoms with E-state index in [4.69, 9.17) is 62.8 Å². The molecular formula is C17H7B8F3N4O2. The molecule has 2 aromatic rings. The van der Waals surface area contributed by atoms with Crippen LogP contribution in [0.5, 0.6) is 0 Å². The first-order chi connectivity index (χ1) is 15.4. The van der Waals surface area contributed by atoms with Crippen LogP contribution in [0.2, 0.25) is 0 Å². The van der Waals surface area contributed by atoms with Gasteiger partial charge in [0.1, 0.15) is 34.5 Å². The van der Waals surface area contributed by atoms with Gasteiger partial charge in [0.05, 0.1) is 62.8 Å². The van der Waals surface area contributed by atoms with Gasteiger partial charge in [0, 0.05) is 12.1 Å². The van der Waals surface area contributed by atoms with E-state index in [0.717, 1.165) is 6.07 Å². The Bertz CT molecular complexity index is 1130. The smallest absolute Gasteiger partial charge is 0.270 e. The maximum Gasteiger partial charge on any atom is 0.270 e. The van der Waals surface area contributed by atoms with Crippen LogP contribution >= 0.6 is 0 Å². The van der Waals surface area contributed by atoms with E-state index in [-0.39, 0.29) is 5.82 Å². The molecule has 0 unspecified atom stereocenters. The number of benzene rings is 1. The Morgan fingerprint density at radius 2 is 1.38 bits per heavy atom. The maximum absolute atomic E-state index is 13.9. The number of aromatic nitrogens is 1. The molecule has 152 valence electrons.